The van der Waals surface area contributed by atoms with Gasteiger partial charge >= 0.3 is 19.6 Å². The van der Waals surface area contributed by atoms with Gasteiger partial charge in [0.05, 0.1) is 13.7 Å². The Hall–Kier alpha value is -1.23. The van der Waals surface area contributed by atoms with Gasteiger partial charge in [-0.05, 0) is 18.3 Å². The van der Waals surface area contributed by atoms with Crippen molar-refractivity contribution < 1.29 is 23.5 Å². The molecule has 1 heterocycles. The molecule has 0 fully saturated rings. The van der Waals surface area contributed by atoms with Gasteiger partial charge in [0.25, 0.3) is 0 Å². The summed E-state index contributed by atoms with van der Waals surface area (Å²) in [5.41, 5.74) is 0.377. The molecule has 1 aromatic rings. The molecule has 11 nitrogen and oxygen atoms in total. The van der Waals surface area contributed by atoms with Gasteiger partial charge in [-0.3, -0.25) is 13.9 Å². The molecule has 0 saturated heterocycles. The standard InChI is InChI=1S/C15H26Cl2N5O6P/c1-3-27-14(23)5-4-8-19-29(26,21(9-6-16)10-7-17)28-12-13-11-18-15(20(13)2)22(24)25/h11H,3-10,12H2,1-2H3,(H,19,26). The van der Waals surface area contributed by atoms with Gasteiger partial charge < -0.3 is 14.9 Å². The number of imidazole rings is 1. The van der Waals surface area contributed by atoms with E-state index >= 15 is 0 Å². The lowest BCUT2D eigenvalue weighted by molar-refractivity contribution is -0.396. The third-order valence-electron chi connectivity index (χ3n) is 3.84. The van der Waals surface area contributed by atoms with E-state index in [-0.39, 0.29) is 56.3 Å². The number of hydrogen-bond donors (Lipinski definition) is 1. The summed E-state index contributed by atoms with van der Waals surface area (Å²) in [5, 5.41) is 13.8. The van der Waals surface area contributed by atoms with Gasteiger partial charge in [-0.25, -0.2) is 14.3 Å². The van der Waals surface area contributed by atoms with Crippen LogP contribution < -0.4 is 5.09 Å². The van der Waals surface area contributed by atoms with Crippen LogP contribution in [-0.4, -0.2) is 63.1 Å². The SMILES string of the molecule is CCOC(=O)CCCNP(=O)(OCc1cnc([N+](=O)[O-])n1C)N(CCCl)CCCl. The number of alkyl halides is 2. The van der Waals surface area contributed by atoms with E-state index in [9.17, 15) is 19.5 Å². The van der Waals surface area contributed by atoms with Crippen LogP contribution in [0.3, 0.4) is 0 Å². The highest BCUT2D eigenvalue weighted by atomic mass is 35.5. The fourth-order valence-corrected chi connectivity index (χ4v) is 4.95. The van der Waals surface area contributed by atoms with E-state index in [1.165, 1.54) is 22.5 Å². The number of rotatable bonds is 15. The molecule has 0 aliphatic heterocycles. The number of ether oxygens (including phenoxy) is 1. The van der Waals surface area contributed by atoms with Crippen LogP contribution in [0.15, 0.2) is 6.20 Å². The van der Waals surface area contributed by atoms with Gasteiger partial charge in [0.2, 0.25) is 0 Å². The number of aromatic nitrogens is 2. The van der Waals surface area contributed by atoms with Crippen molar-refractivity contribution in [1.82, 2.24) is 19.3 Å². The molecule has 29 heavy (non-hydrogen) atoms. The highest BCUT2D eigenvalue weighted by Crippen LogP contribution is 2.47. The average Bonchev–Trinajstić information content (AvgIpc) is 3.04. The zero-order valence-corrected chi connectivity index (χ0v) is 18.8. The number of hydrogen-bond acceptors (Lipinski definition) is 7. The third kappa shape index (κ3) is 8.19. The first-order valence-electron chi connectivity index (χ1n) is 8.96. The predicted octanol–water partition coefficient (Wildman–Crippen LogP) is 2.67. The highest BCUT2D eigenvalue weighted by molar-refractivity contribution is 7.54. The lowest BCUT2D eigenvalue weighted by atomic mass is 10.3. The molecule has 1 aromatic heterocycles. The number of carbonyl (C=O) groups excluding carboxylic acids is 1. The molecule has 166 valence electrons. The Morgan fingerprint density at radius 1 is 1.41 bits per heavy atom. The number of halogens is 2. The molecule has 1 rings (SSSR count). The Morgan fingerprint density at radius 2 is 2.07 bits per heavy atom. The second-order valence-corrected chi connectivity index (χ2v) is 8.74. The van der Waals surface area contributed by atoms with E-state index in [4.69, 9.17) is 32.5 Å². The van der Waals surface area contributed by atoms with Crippen LogP contribution in [0.5, 0.6) is 0 Å². The Bertz CT molecular complexity index is 713. The van der Waals surface area contributed by atoms with Crippen LogP contribution in [0.1, 0.15) is 25.5 Å². The summed E-state index contributed by atoms with van der Waals surface area (Å²) in [4.78, 5) is 25.5. The van der Waals surface area contributed by atoms with Crippen LogP contribution in [0.25, 0.3) is 0 Å². The van der Waals surface area contributed by atoms with Gasteiger partial charge in [0.1, 0.15) is 18.5 Å². The summed E-state index contributed by atoms with van der Waals surface area (Å²) in [6.45, 7) is 2.56. The summed E-state index contributed by atoms with van der Waals surface area (Å²) in [5.74, 6) is -0.289. The summed E-state index contributed by atoms with van der Waals surface area (Å²) >= 11 is 11.6. The van der Waals surface area contributed by atoms with E-state index < -0.39 is 12.6 Å². The predicted molar refractivity (Wildman–Crippen MR) is 109 cm³/mol. The number of carbonyl (C=O) groups is 1. The molecule has 0 radical (unpaired) electrons. The molecular formula is C15H26Cl2N5O6P. The van der Waals surface area contributed by atoms with Crippen LogP contribution in [0, 0.1) is 10.1 Å². The molecule has 0 aromatic carbocycles. The van der Waals surface area contributed by atoms with Crippen molar-refractivity contribution in [1.29, 1.82) is 0 Å². The van der Waals surface area contributed by atoms with Crippen LogP contribution in [0.2, 0.25) is 0 Å². The minimum atomic E-state index is -3.59. The van der Waals surface area contributed by atoms with E-state index in [0.29, 0.717) is 18.7 Å². The molecule has 1 N–H and O–H groups in total. The second-order valence-electron chi connectivity index (χ2n) is 5.81. The van der Waals surface area contributed by atoms with E-state index in [1.807, 2.05) is 0 Å². The van der Waals surface area contributed by atoms with Crippen LogP contribution in [-0.2, 0) is 32.3 Å². The lowest BCUT2D eigenvalue weighted by Crippen LogP contribution is -2.33. The summed E-state index contributed by atoms with van der Waals surface area (Å²) in [7, 11) is -2.12. The molecule has 0 saturated carbocycles. The monoisotopic (exact) mass is 473 g/mol. The summed E-state index contributed by atoms with van der Waals surface area (Å²) < 4.78 is 26.8. The van der Waals surface area contributed by atoms with Gasteiger partial charge in [0, 0.05) is 37.8 Å². The first-order chi connectivity index (χ1) is 13.8. The van der Waals surface area contributed by atoms with Gasteiger partial charge in [0.15, 0.2) is 0 Å². The van der Waals surface area contributed by atoms with Gasteiger partial charge in [-0.1, -0.05) is 4.98 Å². The number of esters is 1. The molecule has 0 aliphatic rings. The summed E-state index contributed by atoms with van der Waals surface area (Å²) in [6.07, 6.45) is 1.84. The Balaban J connectivity index is 2.85. The van der Waals surface area contributed by atoms with Crippen molar-refractivity contribution >= 4 is 42.8 Å². The van der Waals surface area contributed by atoms with Crippen molar-refractivity contribution in [3.8, 4) is 0 Å². The normalized spacial score (nSPS) is 13.4. The molecule has 14 heteroatoms. The molecular weight excluding hydrogens is 448 g/mol. The highest BCUT2D eigenvalue weighted by Gasteiger charge is 2.32. The number of nitro groups is 1. The minimum Gasteiger partial charge on any atom is -0.466 e. The molecule has 0 aliphatic carbocycles. The largest absolute Gasteiger partial charge is 0.466 e. The average molecular weight is 474 g/mol. The van der Waals surface area contributed by atoms with Crippen molar-refractivity contribution in [2.45, 2.75) is 26.4 Å². The van der Waals surface area contributed by atoms with E-state index in [1.54, 1.807) is 6.92 Å². The minimum absolute atomic E-state index is 0.166. The Kier molecular flexibility index (Phi) is 11.7. The van der Waals surface area contributed by atoms with Crippen molar-refractivity contribution in [3.63, 3.8) is 0 Å². The van der Waals surface area contributed by atoms with E-state index in [2.05, 4.69) is 10.1 Å². The first kappa shape index (κ1) is 25.8. The van der Waals surface area contributed by atoms with Crippen molar-refractivity contribution in [2.24, 2.45) is 7.05 Å². The fourth-order valence-electron chi connectivity index (χ4n) is 2.37. The Labute approximate surface area is 179 Å². The van der Waals surface area contributed by atoms with Crippen LogP contribution >= 0.6 is 30.9 Å². The molecule has 0 spiro atoms. The van der Waals surface area contributed by atoms with Gasteiger partial charge in [-0.15, -0.1) is 23.2 Å². The third-order valence-corrected chi connectivity index (χ3v) is 6.43. The maximum absolute atomic E-state index is 13.5. The quantitative estimate of drug-likeness (QED) is 0.102. The second kappa shape index (κ2) is 13.1. The zero-order valence-electron chi connectivity index (χ0n) is 16.4. The first-order valence-corrected chi connectivity index (χ1v) is 11.6. The summed E-state index contributed by atoms with van der Waals surface area (Å²) in [6, 6.07) is 0. The van der Waals surface area contributed by atoms with Crippen LogP contribution in [0.4, 0.5) is 5.95 Å². The Morgan fingerprint density at radius 3 is 2.59 bits per heavy atom. The molecule has 0 amide bonds. The zero-order chi connectivity index (χ0) is 21.9. The van der Waals surface area contributed by atoms with Crippen molar-refractivity contribution in [2.75, 3.05) is 38.0 Å². The lowest BCUT2D eigenvalue weighted by Gasteiger charge is -2.30. The van der Waals surface area contributed by atoms with Gasteiger partial charge in [-0.2, -0.15) is 0 Å². The topological polar surface area (TPSA) is 129 Å². The number of nitrogens with one attached hydrogen (secondary N) is 1. The van der Waals surface area contributed by atoms with Crippen molar-refractivity contribution in [3.05, 3.63) is 22.0 Å². The molecule has 1 unspecified atom stereocenters. The smallest absolute Gasteiger partial charge is 0.434 e. The molecule has 0 bridgehead atoms. The maximum Gasteiger partial charge on any atom is 0.434 e. The maximum atomic E-state index is 13.5. The van der Waals surface area contributed by atoms with E-state index in [0.717, 1.165) is 0 Å². The molecule has 1 atom stereocenters. The number of nitrogens with zero attached hydrogens (tertiary/aromatic N) is 4. The fraction of sp³-hybridized carbons (Fsp3) is 0.733.